The van der Waals surface area contributed by atoms with Crippen LogP contribution in [0.2, 0.25) is 0 Å². The molecular formula is C63H45NO. The van der Waals surface area contributed by atoms with Crippen LogP contribution in [0.3, 0.4) is 0 Å². The molecule has 0 saturated heterocycles. The van der Waals surface area contributed by atoms with Gasteiger partial charge >= 0.3 is 0 Å². The third-order valence-corrected chi connectivity index (χ3v) is 15.2. The number of hydrogen-bond donors (Lipinski definition) is 0. The summed E-state index contributed by atoms with van der Waals surface area (Å²) < 4.78 is 6.99. The molecule has 308 valence electrons. The molecule has 0 saturated carbocycles. The van der Waals surface area contributed by atoms with Crippen LogP contribution in [0.25, 0.3) is 66.1 Å². The fraction of sp³-hybridized carbons (Fsp3) is 0.111. The van der Waals surface area contributed by atoms with Gasteiger partial charge in [0.05, 0.1) is 17.1 Å². The van der Waals surface area contributed by atoms with Crippen molar-refractivity contribution in [2.75, 3.05) is 4.90 Å². The molecular weight excluding hydrogens is 787 g/mol. The van der Waals surface area contributed by atoms with E-state index in [0.29, 0.717) is 5.92 Å². The summed E-state index contributed by atoms with van der Waals surface area (Å²) in [6.45, 7) is 0. The average molecular weight is 832 g/mol. The highest BCUT2D eigenvalue weighted by Gasteiger charge is 2.56. The van der Waals surface area contributed by atoms with E-state index in [4.69, 9.17) is 4.42 Å². The van der Waals surface area contributed by atoms with E-state index in [2.05, 4.69) is 217 Å². The van der Waals surface area contributed by atoms with Crippen molar-refractivity contribution < 1.29 is 4.42 Å². The number of benzene rings is 7. The largest absolute Gasteiger partial charge is 0.455 e. The van der Waals surface area contributed by atoms with Crippen molar-refractivity contribution in [1.82, 2.24) is 0 Å². The summed E-state index contributed by atoms with van der Waals surface area (Å²) in [7, 11) is 0. The zero-order valence-electron chi connectivity index (χ0n) is 36.0. The van der Waals surface area contributed by atoms with Gasteiger partial charge in [-0.1, -0.05) is 194 Å². The molecule has 6 aliphatic carbocycles. The van der Waals surface area contributed by atoms with Crippen molar-refractivity contribution in [3.05, 3.63) is 257 Å². The maximum absolute atomic E-state index is 6.99. The van der Waals surface area contributed by atoms with Crippen LogP contribution < -0.4 is 4.90 Å². The lowest BCUT2D eigenvalue weighted by molar-refractivity contribution is 0.672. The van der Waals surface area contributed by atoms with Gasteiger partial charge in [0.2, 0.25) is 0 Å². The molecule has 2 nitrogen and oxygen atoms in total. The number of fused-ring (bicyclic) bond motifs is 14. The number of hydrogen-bond acceptors (Lipinski definition) is 2. The minimum atomic E-state index is -0.305. The fourth-order valence-corrected chi connectivity index (χ4v) is 12.5. The summed E-state index contributed by atoms with van der Waals surface area (Å²) in [5, 5.41) is 4.62. The predicted octanol–water partition coefficient (Wildman–Crippen LogP) is 16.0. The van der Waals surface area contributed by atoms with Gasteiger partial charge in [0.25, 0.3) is 0 Å². The topological polar surface area (TPSA) is 16.4 Å². The van der Waals surface area contributed by atoms with Crippen molar-refractivity contribution >= 4 is 49.5 Å². The smallest absolute Gasteiger partial charge is 0.143 e. The van der Waals surface area contributed by atoms with Gasteiger partial charge in [-0.25, -0.2) is 0 Å². The fourth-order valence-electron chi connectivity index (χ4n) is 12.5. The molecule has 0 aliphatic heterocycles. The molecule has 1 spiro atoms. The molecule has 0 fully saturated rings. The molecule has 3 atom stereocenters. The summed E-state index contributed by atoms with van der Waals surface area (Å²) >= 11 is 0. The molecule has 8 aromatic rings. The standard InChI is InChI=1S/C63H45NO/c1-3-16-40(17-4-1)42-32-34-45(35-33-42)64(57-37-36-56-61(57)51-25-10-12-29-55(51)63(56)53-28-11-9-22-47(53)48-27-14-30-54(48)63)58-39-52-60-46(44-21-13-20-43(38-44)41-18-5-2-6-19-41)26-15-31-59(60)65-62(52)50-24-8-7-23-49(50)58/h1-13,15-16,18-34,37-40,45H,14,17,35-36H2. The van der Waals surface area contributed by atoms with Crippen LogP contribution in [0.5, 0.6) is 0 Å². The molecule has 0 amide bonds. The first-order valence-electron chi connectivity index (χ1n) is 23.3. The van der Waals surface area contributed by atoms with Crippen molar-refractivity contribution in [3.8, 4) is 22.3 Å². The SMILES string of the molecule is C1=CCC(C2=CCC(N(C3=CCC4=C3c3ccccc3C43C4=CCC=C4c4ccccc43)c3cc4c(oc5cccc(-c6cccc(-c7ccccc7)c6)c54)c4ccccc34)C=C2)C=C1. The molecule has 1 heterocycles. The lowest BCUT2D eigenvalue weighted by Gasteiger charge is -2.36. The lowest BCUT2D eigenvalue weighted by atomic mass is 9.69. The van der Waals surface area contributed by atoms with Crippen LogP contribution in [-0.4, -0.2) is 6.04 Å². The quantitative estimate of drug-likeness (QED) is 0.166. The molecule has 2 heteroatoms. The minimum absolute atomic E-state index is 0.0849. The highest BCUT2D eigenvalue weighted by atomic mass is 16.3. The Morgan fingerprint density at radius 1 is 0.569 bits per heavy atom. The average Bonchev–Trinajstić information content (AvgIpc) is 4.21. The van der Waals surface area contributed by atoms with Gasteiger partial charge < -0.3 is 9.32 Å². The van der Waals surface area contributed by atoms with E-state index in [1.54, 1.807) is 0 Å². The highest BCUT2D eigenvalue weighted by Crippen LogP contribution is 2.67. The lowest BCUT2D eigenvalue weighted by Crippen LogP contribution is -2.34. The van der Waals surface area contributed by atoms with Crippen LogP contribution in [0, 0.1) is 5.92 Å². The normalized spacial score (nSPS) is 21.2. The third kappa shape index (κ3) is 5.23. The first kappa shape index (κ1) is 36.8. The Balaban J connectivity index is 1.01. The van der Waals surface area contributed by atoms with Crippen LogP contribution in [0.15, 0.2) is 239 Å². The van der Waals surface area contributed by atoms with Crippen LogP contribution in [0.1, 0.15) is 47.9 Å². The van der Waals surface area contributed by atoms with E-state index < -0.39 is 0 Å². The Hall–Kier alpha value is -7.68. The summed E-state index contributed by atoms with van der Waals surface area (Å²) in [4.78, 5) is 2.72. The van der Waals surface area contributed by atoms with Crippen LogP contribution in [0.4, 0.5) is 5.69 Å². The molecule has 0 N–H and O–H groups in total. The Bertz CT molecular complexity index is 3620. The van der Waals surface area contributed by atoms with Gasteiger partial charge in [-0.15, -0.1) is 0 Å². The van der Waals surface area contributed by atoms with E-state index >= 15 is 0 Å². The van der Waals surface area contributed by atoms with Gasteiger partial charge in [-0.3, -0.25) is 0 Å². The van der Waals surface area contributed by atoms with Crippen molar-refractivity contribution in [1.29, 1.82) is 0 Å². The van der Waals surface area contributed by atoms with Gasteiger partial charge in [0.1, 0.15) is 11.2 Å². The Morgan fingerprint density at radius 3 is 2.17 bits per heavy atom. The van der Waals surface area contributed by atoms with E-state index in [-0.39, 0.29) is 11.5 Å². The molecule has 65 heavy (non-hydrogen) atoms. The third-order valence-electron chi connectivity index (χ3n) is 15.2. The highest BCUT2D eigenvalue weighted by molar-refractivity contribution is 6.22. The van der Waals surface area contributed by atoms with Crippen molar-refractivity contribution in [3.63, 3.8) is 0 Å². The molecule has 6 aliphatic rings. The summed E-state index contributed by atoms with van der Waals surface area (Å²) in [5.41, 5.74) is 21.6. The second kappa shape index (κ2) is 14.2. The van der Waals surface area contributed by atoms with Crippen molar-refractivity contribution in [2.24, 2.45) is 5.92 Å². The predicted molar refractivity (Wildman–Crippen MR) is 271 cm³/mol. The second-order valence-electron chi connectivity index (χ2n) is 18.4. The summed E-state index contributed by atoms with van der Waals surface area (Å²) in [6.07, 6.45) is 27.8. The van der Waals surface area contributed by atoms with E-state index in [1.807, 2.05) is 0 Å². The maximum Gasteiger partial charge on any atom is 0.143 e. The summed E-state index contributed by atoms with van der Waals surface area (Å²) in [5.74, 6) is 0.407. The molecule has 0 radical (unpaired) electrons. The first-order valence-corrected chi connectivity index (χ1v) is 23.3. The molecule has 0 bridgehead atoms. The monoisotopic (exact) mass is 831 g/mol. The number of allylic oxidation sites excluding steroid dienone is 13. The molecule has 14 rings (SSSR count). The number of anilines is 1. The van der Waals surface area contributed by atoms with Gasteiger partial charge in [-0.05, 0) is 111 Å². The van der Waals surface area contributed by atoms with Crippen LogP contribution >= 0.6 is 0 Å². The number of furan rings is 1. The second-order valence-corrected chi connectivity index (χ2v) is 18.4. The maximum atomic E-state index is 6.99. The summed E-state index contributed by atoms with van der Waals surface area (Å²) in [6, 6.07) is 56.2. The number of nitrogens with zero attached hydrogens (tertiary/aromatic N) is 1. The van der Waals surface area contributed by atoms with E-state index in [1.165, 1.54) is 89.1 Å². The van der Waals surface area contributed by atoms with E-state index in [0.717, 1.165) is 53.0 Å². The number of rotatable bonds is 6. The van der Waals surface area contributed by atoms with Crippen LogP contribution in [-0.2, 0) is 5.41 Å². The Kier molecular flexibility index (Phi) is 8.01. The van der Waals surface area contributed by atoms with E-state index in [9.17, 15) is 0 Å². The van der Waals surface area contributed by atoms with Crippen molar-refractivity contribution in [2.45, 2.75) is 37.1 Å². The Labute approximate surface area is 379 Å². The van der Waals surface area contributed by atoms with Gasteiger partial charge in [0, 0.05) is 38.7 Å². The molecule has 3 unspecified atom stereocenters. The molecule has 7 aromatic carbocycles. The van der Waals surface area contributed by atoms with Gasteiger partial charge in [0.15, 0.2) is 0 Å². The zero-order chi connectivity index (χ0) is 42.6. The van der Waals surface area contributed by atoms with Gasteiger partial charge in [-0.2, -0.15) is 0 Å². The molecule has 1 aromatic heterocycles. The Morgan fingerprint density at radius 2 is 1.32 bits per heavy atom. The zero-order valence-corrected chi connectivity index (χ0v) is 36.0. The first-order chi connectivity index (χ1) is 32.3. The minimum Gasteiger partial charge on any atom is -0.455 e.